The maximum Gasteiger partial charge on any atom is 0.291 e. The number of hydrogen-bond donors (Lipinski definition) is 1. The van der Waals surface area contributed by atoms with Crippen molar-refractivity contribution in [3.05, 3.63) is 65.4 Å². The Labute approximate surface area is 122 Å². The van der Waals surface area contributed by atoms with Gasteiger partial charge in [0.25, 0.3) is 5.91 Å². The largest absolute Gasteiger partial charge is 0.451 e. The van der Waals surface area contributed by atoms with E-state index in [0.717, 1.165) is 29.5 Å². The van der Waals surface area contributed by atoms with Gasteiger partial charge in [0, 0.05) is 11.1 Å². The van der Waals surface area contributed by atoms with Gasteiger partial charge >= 0.3 is 0 Å². The molecular weight excluding hydrogens is 262 g/mol. The molecule has 0 saturated heterocycles. The summed E-state index contributed by atoms with van der Waals surface area (Å²) in [6.45, 7) is 0. The topological polar surface area (TPSA) is 42.2 Å². The van der Waals surface area contributed by atoms with Crippen molar-refractivity contribution in [1.29, 1.82) is 0 Å². The third-order valence-electron chi connectivity index (χ3n) is 4.01. The molecule has 0 spiro atoms. The van der Waals surface area contributed by atoms with Crippen molar-refractivity contribution in [1.82, 2.24) is 0 Å². The highest BCUT2D eigenvalue weighted by molar-refractivity contribution is 6.04. The van der Waals surface area contributed by atoms with Crippen LogP contribution in [-0.2, 0) is 12.8 Å². The quantitative estimate of drug-likeness (QED) is 0.763. The second-order valence-electron chi connectivity index (χ2n) is 5.44. The fourth-order valence-electron chi connectivity index (χ4n) is 2.94. The minimum Gasteiger partial charge on any atom is -0.451 e. The highest BCUT2D eigenvalue weighted by Gasteiger charge is 2.15. The smallest absolute Gasteiger partial charge is 0.291 e. The predicted molar refractivity (Wildman–Crippen MR) is 82.6 cm³/mol. The highest BCUT2D eigenvalue weighted by atomic mass is 16.3. The maximum atomic E-state index is 12.3. The Morgan fingerprint density at radius 2 is 1.86 bits per heavy atom. The summed E-state index contributed by atoms with van der Waals surface area (Å²) in [5.41, 5.74) is 4.31. The van der Waals surface area contributed by atoms with Crippen LogP contribution in [0.1, 0.15) is 28.1 Å². The number of aryl methyl sites for hydroxylation is 2. The number of anilines is 1. The van der Waals surface area contributed by atoms with Gasteiger partial charge in [-0.05, 0) is 54.7 Å². The molecule has 0 saturated carbocycles. The summed E-state index contributed by atoms with van der Waals surface area (Å²) >= 11 is 0. The van der Waals surface area contributed by atoms with Gasteiger partial charge < -0.3 is 9.73 Å². The molecule has 0 bridgehead atoms. The molecule has 0 radical (unpaired) electrons. The molecular formula is C18H15NO2. The molecule has 1 heterocycles. The number of furan rings is 1. The Bertz CT molecular complexity index is 799. The highest BCUT2D eigenvalue weighted by Crippen LogP contribution is 2.25. The summed E-state index contributed by atoms with van der Waals surface area (Å²) in [5.74, 6) is 0.140. The second kappa shape index (κ2) is 4.77. The Morgan fingerprint density at radius 1 is 1.00 bits per heavy atom. The van der Waals surface area contributed by atoms with Crippen LogP contribution in [0, 0.1) is 0 Å². The average molecular weight is 277 g/mol. The molecule has 3 aromatic rings. The molecule has 1 aliphatic rings. The van der Waals surface area contributed by atoms with E-state index >= 15 is 0 Å². The van der Waals surface area contributed by atoms with Crippen LogP contribution in [0.4, 0.5) is 5.69 Å². The van der Waals surface area contributed by atoms with Crippen LogP contribution in [0.15, 0.2) is 52.9 Å². The van der Waals surface area contributed by atoms with Crippen molar-refractivity contribution < 1.29 is 9.21 Å². The first-order chi connectivity index (χ1) is 10.3. The minimum absolute atomic E-state index is 0.204. The number of benzene rings is 2. The summed E-state index contributed by atoms with van der Waals surface area (Å²) in [7, 11) is 0. The molecule has 3 nitrogen and oxygen atoms in total. The third kappa shape index (κ3) is 2.21. The third-order valence-corrected chi connectivity index (χ3v) is 4.01. The summed E-state index contributed by atoms with van der Waals surface area (Å²) < 4.78 is 5.58. The van der Waals surface area contributed by atoms with E-state index in [1.54, 1.807) is 6.07 Å². The van der Waals surface area contributed by atoms with Crippen molar-refractivity contribution in [2.75, 3.05) is 5.32 Å². The summed E-state index contributed by atoms with van der Waals surface area (Å²) in [6, 6.07) is 15.5. The van der Waals surface area contributed by atoms with E-state index in [1.807, 2.05) is 30.3 Å². The molecule has 3 heteroatoms. The normalized spacial score (nSPS) is 13.3. The monoisotopic (exact) mass is 277 g/mol. The van der Waals surface area contributed by atoms with Gasteiger partial charge in [-0.1, -0.05) is 24.3 Å². The Hall–Kier alpha value is -2.55. The van der Waals surface area contributed by atoms with Crippen LogP contribution < -0.4 is 5.32 Å². The van der Waals surface area contributed by atoms with Crippen LogP contribution in [0.3, 0.4) is 0 Å². The number of nitrogens with one attached hydrogen (secondary N) is 1. The lowest BCUT2D eigenvalue weighted by molar-refractivity contribution is 0.0998. The first-order valence-corrected chi connectivity index (χ1v) is 7.21. The lowest BCUT2D eigenvalue weighted by Crippen LogP contribution is -2.11. The molecule has 2 aromatic carbocycles. The van der Waals surface area contributed by atoms with Crippen LogP contribution >= 0.6 is 0 Å². The Balaban J connectivity index is 1.60. The van der Waals surface area contributed by atoms with E-state index in [1.165, 1.54) is 17.5 Å². The summed E-state index contributed by atoms with van der Waals surface area (Å²) in [5, 5.41) is 3.86. The number of fused-ring (bicyclic) bond motifs is 2. The number of para-hydroxylation sites is 1. The zero-order valence-electron chi connectivity index (χ0n) is 11.6. The summed E-state index contributed by atoms with van der Waals surface area (Å²) in [4.78, 5) is 12.3. The first kappa shape index (κ1) is 12.2. The molecule has 0 fully saturated rings. The predicted octanol–water partition coefficient (Wildman–Crippen LogP) is 4.17. The van der Waals surface area contributed by atoms with Gasteiger partial charge in [-0.3, -0.25) is 4.79 Å². The zero-order chi connectivity index (χ0) is 14.2. The van der Waals surface area contributed by atoms with E-state index < -0.39 is 0 Å². The molecule has 0 atom stereocenters. The van der Waals surface area contributed by atoms with Crippen molar-refractivity contribution in [3.8, 4) is 0 Å². The molecule has 1 aromatic heterocycles. The molecule has 1 N–H and O–H groups in total. The van der Waals surface area contributed by atoms with Crippen molar-refractivity contribution >= 4 is 22.6 Å². The van der Waals surface area contributed by atoms with Crippen molar-refractivity contribution in [2.24, 2.45) is 0 Å². The lowest BCUT2D eigenvalue weighted by Gasteiger charge is -2.05. The number of carbonyl (C=O) groups is 1. The molecule has 1 aliphatic carbocycles. The maximum absolute atomic E-state index is 12.3. The van der Waals surface area contributed by atoms with Gasteiger partial charge in [0.1, 0.15) is 5.58 Å². The zero-order valence-corrected chi connectivity index (χ0v) is 11.6. The van der Waals surface area contributed by atoms with Crippen LogP contribution in [0.2, 0.25) is 0 Å². The van der Waals surface area contributed by atoms with E-state index in [9.17, 15) is 4.79 Å². The van der Waals surface area contributed by atoms with E-state index in [0.29, 0.717) is 5.76 Å². The number of hydrogen-bond acceptors (Lipinski definition) is 2. The molecule has 104 valence electrons. The Kier molecular flexibility index (Phi) is 2.78. The van der Waals surface area contributed by atoms with Gasteiger partial charge in [0.2, 0.25) is 0 Å². The minimum atomic E-state index is -0.204. The van der Waals surface area contributed by atoms with Crippen LogP contribution in [0.25, 0.3) is 11.0 Å². The van der Waals surface area contributed by atoms with Gasteiger partial charge in [-0.25, -0.2) is 0 Å². The van der Waals surface area contributed by atoms with E-state index in [2.05, 4.69) is 17.4 Å². The molecule has 4 rings (SSSR count). The molecule has 0 aliphatic heterocycles. The average Bonchev–Trinajstić information content (AvgIpc) is 3.13. The SMILES string of the molecule is O=C(Nc1ccc2c(c1)CCC2)c1cc2ccccc2o1. The van der Waals surface area contributed by atoms with Gasteiger partial charge in [-0.2, -0.15) is 0 Å². The standard InChI is InChI=1S/C18H15NO2/c20-18(17-11-14-4-1-2-7-16(14)21-17)19-15-9-8-12-5-3-6-13(12)10-15/h1-2,4,7-11H,3,5-6H2,(H,19,20). The molecule has 0 unspecified atom stereocenters. The van der Waals surface area contributed by atoms with Crippen LogP contribution in [0.5, 0.6) is 0 Å². The number of rotatable bonds is 2. The van der Waals surface area contributed by atoms with Gasteiger partial charge in [-0.15, -0.1) is 0 Å². The fourth-order valence-corrected chi connectivity index (χ4v) is 2.94. The van der Waals surface area contributed by atoms with E-state index in [4.69, 9.17) is 4.42 Å². The fraction of sp³-hybridized carbons (Fsp3) is 0.167. The second-order valence-corrected chi connectivity index (χ2v) is 5.44. The number of carbonyl (C=O) groups excluding carboxylic acids is 1. The van der Waals surface area contributed by atoms with Gasteiger partial charge in [0.15, 0.2) is 5.76 Å². The number of amides is 1. The van der Waals surface area contributed by atoms with E-state index in [-0.39, 0.29) is 5.91 Å². The van der Waals surface area contributed by atoms with Crippen molar-refractivity contribution in [3.63, 3.8) is 0 Å². The van der Waals surface area contributed by atoms with Crippen molar-refractivity contribution in [2.45, 2.75) is 19.3 Å². The van der Waals surface area contributed by atoms with Crippen LogP contribution in [-0.4, -0.2) is 5.91 Å². The Morgan fingerprint density at radius 3 is 2.76 bits per heavy atom. The van der Waals surface area contributed by atoms with Gasteiger partial charge in [0.05, 0.1) is 0 Å². The lowest BCUT2D eigenvalue weighted by atomic mass is 10.1. The molecule has 21 heavy (non-hydrogen) atoms. The summed E-state index contributed by atoms with van der Waals surface area (Å²) in [6.07, 6.45) is 3.45. The first-order valence-electron chi connectivity index (χ1n) is 7.21. The molecule has 1 amide bonds.